The van der Waals surface area contributed by atoms with Crippen LogP contribution in [-0.4, -0.2) is 37.0 Å². The first-order chi connectivity index (χ1) is 15.5. The van der Waals surface area contributed by atoms with Crippen molar-refractivity contribution in [3.63, 3.8) is 0 Å². The highest BCUT2D eigenvalue weighted by molar-refractivity contribution is 6.00. The second-order valence-corrected chi connectivity index (χ2v) is 7.33. The third-order valence-corrected chi connectivity index (χ3v) is 5.33. The van der Waals surface area contributed by atoms with Gasteiger partial charge in [0.2, 0.25) is 0 Å². The molecule has 0 saturated carbocycles. The fraction of sp³-hybridized carbons (Fsp3) is 0.160. The molecule has 0 unspecified atom stereocenters. The van der Waals surface area contributed by atoms with Gasteiger partial charge in [0, 0.05) is 23.4 Å². The van der Waals surface area contributed by atoms with Crippen LogP contribution < -0.4 is 5.32 Å². The van der Waals surface area contributed by atoms with E-state index in [-0.39, 0.29) is 17.0 Å². The van der Waals surface area contributed by atoms with Gasteiger partial charge in [0.1, 0.15) is 6.17 Å². The van der Waals surface area contributed by atoms with Gasteiger partial charge in [-0.2, -0.15) is 0 Å². The summed E-state index contributed by atoms with van der Waals surface area (Å²) in [7, 11) is 2.54. The molecule has 7 nitrogen and oxygen atoms in total. The first-order valence-electron chi connectivity index (χ1n) is 10.0. The van der Waals surface area contributed by atoms with Crippen LogP contribution >= 0.6 is 0 Å². The van der Waals surface area contributed by atoms with Crippen molar-refractivity contribution < 1.29 is 23.9 Å². The lowest BCUT2D eigenvalue weighted by Crippen LogP contribution is -2.32. The minimum atomic E-state index is -0.581. The van der Waals surface area contributed by atoms with Crippen LogP contribution in [-0.2, 0) is 16.0 Å². The van der Waals surface area contributed by atoms with Gasteiger partial charge in [0.25, 0.3) is 5.91 Å². The first kappa shape index (κ1) is 21.1. The predicted octanol–water partition coefficient (Wildman–Crippen LogP) is 4.03. The summed E-state index contributed by atoms with van der Waals surface area (Å²) in [5.41, 5.74) is 3.30. The van der Waals surface area contributed by atoms with Crippen molar-refractivity contribution in [1.82, 2.24) is 4.90 Å². The maximum atomic E-state index is 13.2. The summed E-state index contributed by atoms with van der Waals surface area (Å²) in [5, 5.41) is 3.33. The number of nitrogens with zero attached hydrogens (tertiary/aromatic N) is 1. The molecule has 3 aromatic carbocycles. The smallest absolute Gasteiger partial charge is 0.337 e. The third-order valence-electron chi connectivity index (χ3n) is 5.33. The summed E-state index contributed by atoms with van der Waals surface area (Å²) in [6.45, 7) is 0.395. The Morgan fingerprint density at radius 1 is 0.875 bits per heavy atom. The van der Waals surface area contributed by atoms with Gasteiger partial charge in [-0.15, -0.1) is 0 Å². The van der Waals surface area contributed by atoms with Crippen LogP contribution in [0.5, 0.6) is 0 Å². The molecule has 1 aliphatic heterocycles. The quantitative estimate of drug-likeness (QED) is 0.595. The molecule has 1 aliphatic rings. The largest absolute Gasteiger partial charge is 0.465 e. The number of ether oxygens (including phenoxy) is 2. The van der Waals surface area contributed by atoms with Crippen molar-refractivity contribution in [3.05, 3.63) is 101 Å². The van der Waals surface area contributed by atoms with Crippen LogP contribution in [0, 0.1) is 0 Å². The van der Waals surface area contributed by atoms with E-state index in [1.807, 2.05) is 48.5 Å². The molecule has 4 rings (SSSR count). The average Bonchev–Trinajstić information content (AvgIpc) is 3.09. The molecular weight excluding hydrogens is 408 g/mol. The number of benzene rings is 3. The van der Waals surface area contributed by atoms with Gasteiger partial charge in [-0.05, 0) is 29.8 Å². The predicted molar refractivity (Wildman–Crippen MR) is 118 cm³/mol. The number of hydrogen-bond donors (Lipinski definition) is 1. The number of anilines is 1. The van der Waals surface area contributed by atoms with Gasteiger partial charge in [-0.3, -0.25) is 4.79 Å². The second kappa shape index (κ2) is 8.93. The molecule has 1 amide bonds. The van der Waals surface area contributed by atoms with Crippen molar-refractivity contribution in [2.45, 2.75) is 12.7 Å². The van der Waals surface area contributed by atoms with Gasteiger partial charge in [0.15, 0.2) is 0 Å². The van der Waals surface area contributed by atoms with Gasteiger partial charge in [-0.1, -0.05) is 48.5 Å². The molecule has 0 bridgehead atoms. The maximum absolute atomic E-state index is 13.2. The van der Waals surface area contributed by atoms with E-state index >= 15 is 0 Å². The highest BCUT2D eigenvalue weighted by Gasteiger charge is 2.36. The first-order valence-corrected chi connectivity index (χ1v) is 10.0. The van der Waals surface area contributed by atoms with E-state index in [2.05, 4.69) is 5.32 Å². The Bertz CT molecular complexity index is 1140. The number of rotatable bonds is 6. The van der Waals surface area contributed by atoms with Crippen molar-refractivity contribution in [1.29, 1.82) is 0 Å². The van der Waals surface area contributed by atoms with Gasteiger partial charge in [0.05, 0.1) is 25.3 Å². The molecule has 162 valence electrons. The Morgan fingerprint density at radius 2 is 1.47 bits per heavy atom. The molecular formula is C25H22N2O5. The van der Waals surface area contributed by atoms with E-state index < -0.39 is 18.1 Å². The lowest BCUT2D eigenvalue weighted by molar-refractivity contribution is 0.0598. The molecule has 0 saturated heterocycles. The lowest BCUT2D eigenvalue weighted by atomic mass is 10.1. The molecule has 3 aromatic rings. The minimum Gasteiger partial charge on any atom is -0.465 e. The molecule has 7 heteroatoms. The minimum absolute atomic E-state index is 0.0979. The fourth-order valence-corrected chi connectivity index (χ4v) is 3.81. The van der Waals surface area contributed by atoms with E-state index in [0.717, 1.165) is 11.1 Å². The summed E-state index contributed by atoms with van der Waals surface area (Å²) in [6.07, 6.45) is -0.489. The second-order valence-electron chi connectivity index (χ2n) is 7.33. The Morgan fingerprint density at radius 3 is 2.09 bits per heavy atom. The van der Waals surface area contributed by atoms with Crippen molar-refractivity contribution in [3.8, 4) is 0 Å². The van der Waals surface area contributed by atoms with Crippen molar-refractivity contribution >= 4 is 23.5 Å². The van der Waals surface area contributed by atoms with Crippen molar-refractivity contribution in [2.24, 2.45) is 0 Å². The zero-order chi connectivity index (χ0) is 22.7. The number of hydrogen-bond acceptors (Lipinski definition) is 6. The summed E-state index contributed by atoms with van der Waals surface area (Å²) in [5.74, 6) is -1.26. The highest BCUT2D eigenvalue weighted by atomic mass is 16.5. The number of fused-ring (bicyclic) bond motifs is 1. The Labute approximate surface area is 185 Å². The summed E-state index contributed by atoms with van der Waals surface area (Å²) >= 11 is 0. The van der Waals surface area contributed by atoms with Gasteiger partial charge >= 0.3 is 11.9 Å². The monoisotopic (exact) mass is 430 g/mol. The number of methoxy groups -OCH3 is 2. The zero-order valence-corrected chi connectivity index (χ0v) is 17.7. The lowest BCUT2D eigenvalue weighted by Gasteiger charge is -2.27. The fourth-order valence-electron chi connectivity index (χ4n) is 3.81. The summed E-state index contributed by atoms with van der Waals surface area (Å²) in [4.78, 5) is 39.2. The van der Waals surface area contributed by atoms with Crippen LogP contribution in [0.4, 0.5) is 5.69 Å². The molecule has 1 heterocycles. The van der Waals surface area contributed by atoms with Gasteiger partial charge < -0.3 is 19.7 Å². The van der Waals surface area contributed by atoms with Crippen molar-refractivity contribution in [2.75, 3.05) is 19.5 Å². The molecule has 32 heavy (non-hydrogen) atoms. The van der Waals surface area contributed by atoms with E-state index in [1.54, 1.807) is 23.1 Å². The van der Waals surface area contributed by atoms with E-state index in [1.165, 1.54) is 20.3 Å². The van der Waals surface area contributed by atoms with Crippen LogP contribution in [0.25, 0.3) is 0 Å². The zero-order valence-electron chi connectivity index (χ0n) is 17.7. The molecule has 0 radical (unpaired) electrons. The number of carbonyl (C=O) groups is 3. The topological polar surface area (TPSA) is 84.9 Å². The van der Waals surface area contributed by atoms with Crippen LogP contribution in [0.2, 0.25) is 0 Å². The Hall–Kier alpha value is -4.13. The average molecular weight is 430 g/mol. The number of esters is 2. The SMILES string of the molecule is COC(=O)c1cc(N[C@H]2c3ccccc3C(=O)N2Cc2ccccc2)cc(C(=O)OC)c1. The molecule has 0 aromatic heterocycles. The molecule has 0 aliphatic carbocycles. The third kappa shape index (κ3) is 4.05. The number of amides is 1. The maximum Gasteiger partial charge on any atom is 0.337 e. The van der Waals surface area contributed by atoms with Crippen LogP contribution in [0.15, 0.2) is 72.8 Å². The molecule has 0 fully saturated rings. The van der Waals surface area contributed by atoms with E-state index in [9.17, 15) is 14.4 Å². The van der Waals surface area contributed by atoms with E-state index in [0.29, 0.717) is 17.8 Å². The number of carbonyl (C=O) groups excluding carboxylic acids is 3. The molecule has 1 atom stereocenters. The Kier molecular flexibility index (Phi) is 5.89. The Balaban J connectivity index is 1.74. The number of nitrogens with one attached hydrogen (secondary N) is 1. The normalized spacial score (nSPS) is 14.6. The van der Waals surface area contributed by atoms with Gasteiger partial charge in [-0.25, -0.2) is 9.59 Å². The summed E-state index contributed by atoms with van der Waals surface area (Å²) < 4.78 is 9.64. The highest BCUT2D eigenvalue weighted by Crippen LogP contribution is 2.36. The van der Waals surface area contributed by atoms with E-state index in [4.69, 9.17) is 9.47 Å². The molecule has 0 spiro atoms. The standard InChI is InChI=1S/C25H22N2O5/c1-31-24(29)17-12-18(25(30)32-2)14-19(13-17)26-22-20-10-6-7-11-21(20)23(28)27(22)15-16-8-4-3-5-9-16/h3-14,22,26H,15H2,1-2H3/t22-/m1/s1. The molecule has 1 N–H and O–H groups in total. The van der Waals surface area contributed by atoms with Crippen LogP contribution in [0.3, 0.4) is 0 Å². The summed E-state index contributed by atoms with van der Waals surface area (Å²) in [6, 6.07) is 21.7. The van der Waals surface area contributed by atoms with Crippen LogP contribution in [0.1, 0.15) is 48.4 Å².